The highest BCUT2D eigenvalue weighted by Gasteiger charge is 2.09. The first-order valence-electron chi connectivity index (χ1n) is 6.36. The zero-order chi connectivity index (χ0) is 13.8. The molecule has 2 rings (SSSR count). The van der Waals surface area contributed by atoms with Gasteiger partial charge < -0.3 is 10.6 Å². The average molecular weight is 319 g/mol. The second-order valence-corrected chi connectivity index (χ2v) is 5.64. The summed E-state index contributed by atoms with van der Waals surface area (Å²) in [4.78, 5) is 2.25. The van der Waals surface area contributed by atoms with Gasteiger partial charge >= 0.3 is 0 Å². The maximum Gasteiger partial charge on any atom is 0.0437 e. The molecule has 0 unspecified atom stereocenters. The Morgan fingerprint density at radius 3 is 2.53 bits per heavy atom. The van der Waals surface area contributed by atoms with E-state index in [2.05, 4.69) is 71.2 Å². The van der Waals surface area contributed by atoms with Crippen molar-refractivity contribution in [3.63, 3.8) is 0 Å². The van der Waals surface area contributed by atoms with Crippen LogP contribution in [-0.4, -0.2) is 7.05 Å². The van der Waals surface area contributed by atoms with Gasteiger partial charge in [0.2, 0.25) is 0 Å². The van der Waals surface area contributed by atoms with Crippen LogP contribution in [0.4, 0.5) is 5.69 Å². The van der Waals surface area contributed by atoms with Crippen molar-refractivity contribution in [3.05, 3.63) is 63.6 Å². The summed E-state index contributed by atoms with van der Waals surface area (Å²) in [5.74, 6) is 0. The summed E-state index contributed by atoms with van der Waals surface area (Å²) >= 11 is 3.60. The molecule has 0 fully saturated rings. The molecule has 0 amide bonds. The molecular formula is C16H19BrN2. The third kappa shape index (κ3) is 3.37. The Balaban J connectivity index is 2.27. The number of rotatable bonds is 4. The lowest BCUT2D eigenvalue weighted by Gasteiger charge is -2.23. The number of halogens is 1. The minimum atomic E-state index is 0.565. The zero-order valence-corrected chi connectivity index (χ0v) is 12.9. The highest BCUT2D eigenvalue weighted by Crippen LogP contribution is 2.24. The van der Waals surface area contributed by atoms with E-state index in [4.69, 9.17) is 5.73 Å². The maximum absolute atomic E-state index is 5.83. The van der Waals surface area contributed by atoms with E-state index in [0.717, 1.165) is 11.0 Å². The van der Waals surface area contributed by atoms with Crippen LogP contribution in [0.25, 0.3) is 0 Å². The van der Waals surface area contributed by atoms with E-state index in [1.165, 1.54) is 22.4 Å². The minimum absolute atomic E-state index is 0.565. The molecule has 0 atom stereocenters. The molecule has 0 aliphatic rings. The monoisotopic (exact) mass is 318 g/mol. The molecule has 100 valence electrons. The normalized spacial score (nSPS) is 10.5. The molecule has 0 radical (unpaired) electrons. The van der Waals surface area contributed by atoms with Gasteiger partial charge in [-0.3, -0.25) is 0 Å². The van der Waals surface area contributed by atoms with Crippen LogP contribution in [0, 0.1) is 6.92 Å². The lowest BCUT2D eigenvalue weighted by molar-refractivity contribution is 0.899. The Morgan fingerprint density at radius 1 is 1.11 bits per heavy atom. The molecule has 19 heavy (non-hydrogen) atoms. The van der Waals surface area contributed by atoms with Crippen LogP contribution < -0.4 is 10.6 Å². The number of hydrogen-bond acceptors (Lipinski definition) is 2. The number of benzene rings is 2. The van der Waals surface area contributed by atoms with Crippen LogP contribution in [0.1, 0.15) is 16.7 Å². The van der Waals surface area contributed by atoms with E-state index < -0.39 is 0 Å². The molecule has 0 aliphatic carbocycles. The van der Waals surface area contributed by atoms with E-state index in [0.29, 0.717) is 6.54 Å². The van der Waals surface area contributed by atoms with Gasteiger partial charge in [0, 0.05) is 30.3 Å². The molecule has 2 nitrogen and oxygen atoms in total. The Kier molecular flexibility index (Phi) is 4.61. The van der Waals surface area contributed by atoms with Crippen molar-refractivity contribution < 1.29 is 0 Å². The predicted molar refractivity (Wildman–Crippen MR) is 85.3 cm³/mol. The summed E-state index contributed by atoms with van der Waals surface area (Å²) in [7, 11) is 2.10. The Labute approximate surface area is 123 Å². The molecule has 2 aromatic carbocycles. The summed E-state index contributed by atoms with van der Waals surface area (Å²) in [5, 5.41) is 0. The molecule has 0 saturated carbocycles. The average Bonchev–Trinajstić information content (AvgIpc) is 2.41. The third-order valence-corrected chi connectivity index (χ3v) is 4.01. The van der Waals surface area contributed by atoms with Gasteiger partial charge in [-0.25, -0.2) is 0 Å². The largest absolute Gasteiger partial charge is 0.370 e. The molecular weight excluding hydrogens is 300 g/mol. The number of aryl methyl sites for hydroxylation is 1. The van der Waals surface area contributed by atoms with Crippen LogP contribution in [0.2, 0.25) is 0 Å². The van der Waals surface area contributed by atoms with Crippen molar-refractivity contribution >= 4 is 21.6 Å². The quantitative estimate of drug-likeness (QED) is 0.927. The summed E-state index contributed by atoms with van der Waals surface area (Å²) < 4.78 is 1.14. The Hall–Kier alpha value is -1.32. The number of nitrogens with zero attached hydrogens (tertiary/aromatic N) is 1. The highest BCUT2D eigenvalue weighted by molar-refractivity contribution is 9.10. The van der Waals surface area contributed by atoms with Crippen molar-refractivity contribution in [2.24, 2.45) is 5.73 Å². The summed E-state index contributed by atoms with van der Waals surface area (Å²) in [5.41, 5.74) is 10.7. The second-order valence-electron chi connectivity index (χ2n) is 4.78. The second kappa shape index (κ2) is 6.22. The Morgan fingerprint density at radius 2 is 1.84 bits per heavy atom. The molecule has 0 spiro atoms. The number of hydrogen-bond donors (Lipinski definition) is 1. The van der Waals surface area contributed by atoms with E-state index in [1.807, 2.05) is 6.07 Å². The SMILES string of the molecule is Cc1ccc(CN)c(N(C)Cc2ccccc2Br)c1. The fraction of sp³-hybridized carbons (Fsp3) is 0.250. The highest BCUT2D eigenvalue weighted by atomic mass is 79.9. The molecule has 2 aromatic rings. The first-order chi connectivity index (χ1) is 9.11. The summed E-state index contributed by atoms with van der Waals surface area (Å²) in [6.07, 6.45) is 0. The van der Waals surface area contributed by atoms with Gasteiger partial charge in [-0.2, -0.15) is 0 Å². The Bertz CT molecular complexity index is 566. The molecule has 2 N–H and O–H groups in total. The van der Waals surface area contributed by atoms with Gasteiger partial charge in [-0.05, 0) is 35.7 Å². The lowest BCUT2D eigenvalue weighted by Crippen LogP contribution is -2.19. The summed E-state index contributed by atoms with van der Waals surface area (Å²) in [6.45, 7) is 3.53. The van der Waals surface area contributed by atoms with Crippen LogP contribution in [0.5, 0.6) is 0 Å². The van der Waals surface area contributed by atoms with Gasteiger partial charge in [-0.15, -0.1) is 0 Å². The molecule has 0 aromatic heterocycles. The number of anilines is 1. The van der Waals surface area contributed by atoms with Gasteiger partial charge in [0.05, 0.1) is 0 Å². The minimum Gasteiger partial charge on any atom is -0.370 e. The van der Waals surface area contributed by atoms with E-state index in [-0.39, 0.29) is 0 Å². The maximum atomic E-state index is 5.83. The van der Waals surface area contributed by atoms with Crippen molar-refractivity contribution in [1.82, 2.24) is 0 Å². The molecule has 0 saturated heterocycles. The van der Waals surface area contributed by atoms with Crippen molar-refractivity contribution in [1.29, 1.82) is 0 Å². The van der Waals surface area contributed by atoms with Crippen LogP contribution in [0.3, 0.4) is 0 Å². The van der Waals surface area contributed by atoms with Crippen LogP contribution in [0.15, 0.2) is 46.9 Å². The van der Waals surface area contributed by atoms with Crippen LogP contribution in [-0.2, 0) is 13.1 Å². The fourth-order valence-corrected chi connectivity index (χ4v) is 2.58. The van der Waals surface area contributed by atoms with Crippen molar-refractivity contribution in [2.75, 3.05) is 11.9 Å². The fourth-order valence-electron chi connectivity index (χ4n) is 2.17. The first-order valence-corrected chi connectivity index (χ1v) is 7.15. The third-order valence-electron chi connectivity index (χ3n) is 3.24. The van der Waals surface area contributed by atoms with Crippen molar-refractivity contribution in [3.8, 4) is 0 Å². The van der Waals surface area contributed by atoms with Gasteiger partial charge in [-0.1, -0.05) is 46.3 Å². The van der Waals surface area contributed by atoms with E-state index in [9.17, 15) is 0 Å². The van der Waals surface area contributed by atoms with Gasteiger partial charge in [0.15, 0.2) is 0 Å². The summed E-state index contributed by atoms with van der Waals surface area (Å²) in [6, 6.07) is 14.7. The topological polar surface area (TPSA) is 29.3 Å². The molecule has 0 bridgehead atoms. The van der Waals surface area contributed by atoms with Gasteiger partial charge in [0.1, 0.15) is 0 Å². The molecule has 0 aliphatic heterocycles. The smallest absolute Gasteiger partial charge is 0.0437 e. The van der Waals surface area contributed by atoms with Crippen LogP contribution >= 0.6 is 15.9 Å². The van der Waals surface area contributed by atoms with E-state index in [1.54, 1.807) is 0 Å². The first kappa shape index (κ1) is 14.1. The molecule has 3 heteroatoms. The van der Waals surface area contributed by atoms with Gasteiger partial charge in [0.25, 0.3) is 0 Å². The van der Waals surface area contributed by atoms with E-state index >= 15 is 0 Å². The molecule has 0 heterocycles. The predicted octanol–water partition coefficient (Wildman–Crippen LogP) is 3.85. The standard InChI is InChI=1S/C16H19BrN2/c1-12-7-8-13(10-18)16(9-12)19(2)11-14-5-3-4-6-15(14)17/h3-9H,10-11,18H2,1-2H3. The van der Waals surface area contributed by atoms with Crippen molar-refractivity contribution in [2.45, 2.75) is 20.0 Å². The lowest BCUT2D eigenvalue weighted by atomic mass is 10.1. The number of nitrogens with two attached hydrogens (primary N) is 1. The zero-order valence-electron chi connectivity index (χ0n) is 11.4.